The van der Waals surface area contributed by atoms with Crippen molar-refractivity contribution in [3.8, 4) is 0 Å². The van der Waals surface area contributed by atoms with Crippen LogP contribution >= 0.6 is 0 Å². The summed E-state index contributed by atoms with van der Waals surface area (Å²) in [5.74, 6) is -1.22. The number of sulfone groups is 1. The van der Waals surface area contributed by atoms with Gasteiger partial charge in [-0.25, -0.2) is 27.2 Å². The summed E-state index contributed by atoms with van der Waals surface area (Å²) in [5, 5.41) is 13.4. The largest absolute Gasteiger partial charge is 0.393 e. The summed E-state index contributed by atoms with van der Waals surface area (Å²) in [6, 6.07) is 7.66. The van der Waals surface area contributed by atoms with Crippen molar-refractivity contribution in [1.82, 2.24) is 20.2 Å². The number of halogens is 2. The maximum absolute atomic E-state index is 15.4. The van der Waals surface area contributed by atoms with Crippen LogP contribution in [0.25, 0.3) is 10.9 Å². The Morgan fingerprint density at radius 2 is 1.95 bits per heavy atom. The van der Waals surface area contributed by atoms with Crippen LogP contribution < -0.4 is 5.32 Å². The van der Waals surface area contributed by atoms with Gasteiger partial charge < -0.3 is 10.4 Å². The van der Waals surface area contributed by atoms with E-state index in [0.29, 0.717) is 56.3 Å². The molecule has 2 N–H and O–H groups in total. The minimum Gasteiger partial charge on any atom is -0.393 e. The van der Waals surface area contributed by atoms with Gasteiger partial charge in [0.05, 0.1) is 11.9 Å². The first-order valence-electron chi connectivity index (χ1n) is 15.1. The second kappa shape index (κ2) is 12.5. The molecule has 3 aromatic rings. The molecule has 2 aromatic heterocycles. The minimum absolute atomic E-state index is 0.0235. The number of aliphatic hydroxyl groups excluding tert-OH is 1. The van der Waals surface area contributed by atoms with E-state index in [1.54, 1.807) is 31.3 Å². The van der Waals surface area contributed by atoms with Crippen molar-refractivity contribution in [2.24, 2.45) is 5.92 Å². The number of rotatable bonds is 9. The van der Waals surface area contributed by atoms with Gasteiger partial charge in [0.15, 0.2) is 14.9 Å². The molecule has 0 spiro atoms. The number of aryl methyl sites for hydroxylation is 1. The Labute approximate surface area is 251 Å². The molecule has 11 heteroatoms. The molecule has 1 aromatic carbocycles. The molecule has 0 unspecified atom stereocenters. The van der Waals surface area contributed by atoms with Gasteiger partial charge in [0, 0.05) is 54.9 Å². The number of alkyl halides is 1. The van der Waals surface area contributed by atoms with Gasteiger partial charge in [0.25, 0.3) is 5.91 Å². The first kappa shape index (κ1) is 31.4. The summed E-state index contributed by atoms with van der Waals surface area (Å²) < 4.78 is 55.0. The van der Waals surface area contributed by atoms with Crippen LogP contribution in [0.1, 0.15) is 79.7 Å². The zero-order chi connectivity index (χ0) is 30.9. The first-order chi connectivity index (χ1) is 20.4. The molecule has 1 amide bonds. The van der Waals surface area contributed by atoms with Crippen molar-refractivity contribution < 1.29 is 27.1 Å². The van der Waals surface area contributed by atoms with E-state index in [0.717, 1.165) is 11.1 Å². The van der Waals surface area contributed by atoms with E-state index in [1.165, 1.54) is 12.1 Å². The third kappa shape index (κ3) is 6.73. The van der Waals surface area contributed by atoms with Crippen LogP contribution in [-0.2, 0) is 22.7 Å². The average molecular weight is 615 g/mol. The number of piperidine rings is 1. The minimum atomic E-state index is -3.43. The lowest BCUT2D eigenvalue weighted by Crippen LogP contribution is -2.40. The Kier molecular flexibility index (Phi) is 9.15. The van der Waals surface area contributed by atoms with Gasteiger partial charge in [-0.2, -0.15) is 0 Å². The fourth-order valence-corrected chi connectivity index (χ4v) is 6.94. The van der Waals surface area contributed by atoms with E-state index in [-0.39, 0.29) is 52.9 Å². The lowest BCUT2D eigenvalue weighted by atomic mass is 9.77. The van der Waals surface area contributed by atoms with Gasteiger partial charge in [0.2, 0.25) is 0 Å². The number of nitrogens with zero attached hydrogens (tertiary/aromatic N) is 3. The number of nitrogens with one attached hydrogen (secondary N) is 1. The molecule has 2 atom stereocenters. The second-order valence-electron chi connectivity index (χ2n) is 12.2. The van der Waals surface area contributed by atoms with Gasteiger partial charge in [-0.1, -0.05) is 26.8 Å². The molecule has 0 radical (unpaired) electrons. The molecule has 0 bridgehead atoms. The Hall–Kier alpha value is -3.02. The summed E-state index contributed by atoms with van der Waals surface area (Å²) in [4.78, 5) is 24.1. The number of carbonyl (C=O) groups is 1. The van der Waals surface area contributed by atoms with Gasteiger partial charge in [-0.15, -0.1) is 0 Å². The highest BCUT2D eigenvalue weighted by molar-refractivity contribution is 7.91. The summed E-state index contributed by atoms with van der Waals surface area (Å²) in [5.41, 5.74) is 1.29. The molecule has 8 nitrogen and oxygen atoms in total. The predicted octanol–water partition coefficient (Wildman–Crippen LogP) is 4.73. The second-order valence-corrected chi connectivity index (χ2v) is 14.4. The molecule has 1 saturated heterocycles. The van der Waals surface area contributed by atoms with Crippen molar-refractivity contribution >= 4 is 26.6 Å². The summed E-state index contributed by atoms with van der Waals surface area (Å²) >= 11 is 0. The third-order valence-electron chi connectivity index (χ3n) is 9.08. The molecule has 1 fully saturated rings. The van der Waals surface area contributed by atoms with Crippen LogP contribution in [-0.4, -0.2) is 71.5 Å². The van der Waals surface area contributed by atoms with Crippen molar-refractivity contribution in [3.05, 3.63) is 64.7 Å². The van der Waals surface area contributed by atoms with Gasteiger partial charge in [-0.3, -0.25) is 9.69 Å². The van der Waals surface area contributed by atoms with E-state index >= 15 is 8.78 Å². The fourth-order valence-electron chi connectivity index (χ4n) is 6.15. The van der Waals surface area contributed by atoms with Crippen LogP contribution in [0.5, 0.6) is 0 Å². The third-order valence-corrected chi connectivity index (χ3v) is 10.7. The average Bonchev–Trinajstić information content (AvgIpc) is 2.99. The number of hydrogen-bond acceptors (Lipinski definition) is 7. The first-order valence-corrected chi connectivity index (χ1v) is 16.8. The quantitative estimate of drug-likeness (QED) is 0.358. The lowest BCUT2D eigenvalue weighted by molar-refractivity contribution is 0.0577. The molecule has 0 saturated carbocycles. The van der Waals surface area contributed by atoms with E-state index in [1.807, 2.05) is 13.8 Å². The Bertz CT molecular complexity index is 1590. The Morgan fingerprint density at radius 3 is 2.60 bits per heavy atom. The molecule has 43 heavy (non-hydrogen) atoms. The Balaban J connectivity index is 1.32. The number of hydrogen-bond donors (Lipinski definition) is 2. The number of fused-ring (bicyclic) bond motifs is 2. The molecule has 5 rings (SSSR count). The number of carbonyl (C=O) groups excluding carboxylic acids is 1. The molecule has 1 aliphatic carbocycles. The molecular weight excluding hydrogens is 574 g/mol. The maximum atomic E-state index is 15.4. The number of aromatic nitrogens is 2. The highest BCUT2D eigenvalue weighted by Crippen LogP contribution is 2.38. The molecule has 2 aliphatic rings. The number of likely N-dealkylation sites (tertiary alicyclic amines) is 1. The van der Waals surface area contributed by atoms with Crippen LogP contribution in [0.3, 0.4) is 0 Å². The van der Waals surface area contributed by atoms with Crippen LogP contribution in [0.4, 0.5) is 8.78 Å². The molecule has 3 heterocycles. The van der Waals surface area contributed by atoms with E-state index in [4.69, 9.17) is 0 Å². The van der Waals surface area contributed by atoms with E-state index in [9.17, 15) is 18.3 Å². The topological polar surface area (TPSA) is 112 Å². The van der Waals surface area contributed by atoms with Crippen LogP contribution in [0.15, 0.2) is 41.6 Å². The van der Waals surface area contributed by atoms with Gasteiger partial charge in [0.1, 0.15) is 17.0 Å². The normalized spacial score (nSPS) is 20.7. The van der Waals surface area contributed by atoms with Crippen molar-refractivity contribution in [2.75, 3.05) is 25.4 Å². The van der Waals surface area contributed by atoms with Crippen LogP contribution in [0, 0.1) is 11.7 Å². The van der Waals surface area contributed by atoms with Crippen molar-refractivity contribution in [1.29, 1.82) is 0 Å². The van der Waals surface area contributed by atoms with E-state index < -0.39 is 27.2 Å². The van der Waals surface area contributed by atoms with E-state index in [2.05, 4.69) is 20.2 Å². The predicted molar refractivity (Wildman–Crippen MR) is 161 cm³/mol. The lowest BCUT2D eigenvalue weighted by Gasteiger charge is -2.36. The SMILES string of the molecule is CCS(=O)(=O)c1ccc([C@@H](CCNC(=O)c2cc(F)c3nc4c(cc3c2)C[C@](F)(C(C)C)CC4)N2CCC(O)CC2)cn1. The summed E-state index contributed by atoms with van der Waals surface area (Å²) in [6.07, 6.45) is 3.97. The molecule has 1 aliphatic heterocycles. The molecule has 232 valence electrons. The zero-order valence-corrected chi connectivity index (χ0v) is 25.8. The summed E-state index contributed by atoms with van der Waals surface area (Å²) in [7, 11) is -3.43. The number of pyridine rings is 2. The smallest absolute Gasteiger partial charge is 0.251 e. The summed E-state index contributed by atoms with van der Waals surface area (Å²) in [6.45, 7) is 6.88. The number of benzene rings is 1. The van der Waals surface area contributed by atoms with Crippen molar-refractivity contribution in [3.63, 3.8) is 0 Å². The van der Waals surface area contributed by atoms with Gasteiger partial charge in [-0.05, 0) is 73.4 Å². The molecular formula is C32H40F2N4O4S. The standard InChI is InChI=1S/C32H40F2N4O4S/c1-4-43(41,42)29-6-5-21(19-36-29)28(38-13-9-25(39)10-14-38)8-12-35-31(40)23-15-22-16-24-18-32(34,20(2)3)11-7-27(24)37-30(22)26(33)17-23/h5-6,15-17,19-20,25,28,39H,4,7-14,18H2,1-3H3,(H,35,40)/t28-,32+/m1/s1. The highest BCUT2D eigenvalue weighted by atomic mass is 32.2. The number of aliphatic hydroxyl groups is 1. The van der Waals surface area contributed by atoms with Crippen molar-refractivity contribution in [2.45, 2.75) is 82.1 Å². The zero-order valence-electron chi connectivity index (χ0n) is 24.9. The number of amides is 1. The Morgan fingerprint density at radius 1 is 1.21 bits per heavy atom. The van der Waals surface area contributed by atoms with Gasteiger partial charge >= 0.3 is 0 Å². The van der Waals surface area contributed by atoms with Crippen LogP contribution in [0.2, 0.25) is 0 Å². The highest BCUT2D eigenvalue weighted by Gasteiger charge is 2.38. The fraction of sp³-hybridized carbons (Fsp3) is 0.531. The maximum Gasteiger partial charge on any atom is 0.251 e. The monoisotopic (exact) mass is 614 g/mol.